The van der Waals surface area contributed by atoms with Crippen LogP contribution in [0.1, 0.15) is 11.1 Å². The smallest absolute Gasteiger partial charge is 0.161 e. The average Bonchev–Trinajstić information content (AvgIpc) is 2.65. The molecule has 0 atom stereocenters. The predicted octanol–water partition coefficient (Wildman–Crippen LogP) is 4.92. The van der Waals surface area contributed by atoms with E-state index in [-0.39, 0.29) is 0 Å². The van der Waals surface area contributed by atoms with E-state index in [0.29, 0.717) is 17.1 Å². The lowest BCUT2D eigenvalue weighted by atomic mass is 9.99. The van der Waals surface area contributed by atoms with Gasteiger partial charge in [0.1, 0.15) is 0 Å². The maximum atomic E-state index is 9.61. The Labute approximate surface area is 141 Å². The predicted molar refractivity (Wildman–Crippen MR) is 97.0 cm³/mol. The number of ether oxygens (including phenoxy) is 2. The number of nitrogens with zero attached hydrogens (tertiary/aromatic N) is 1. The maximum Gasteiger partial charge on any atom is 0.161 e. The molecule has 0 unspecified atom stereocenters. The highest BCUT2D eigenvalue weighted by atomic mass is 16.5. The van der Waals surface area contributed by atoms with Gasteiger partial charge in [0, 0.05) is 0 Å². The molecular weight excluding hydrogens is 298 g/mol. The van der Waals surface area contributed by atoms with E-state index in [4.69, 9.17) is 9.47 Å². The summed E-state index contributed by atoms with van der Waals surface area (Å²) in [6, 6.07) is 22.0. The number of fused-ring (bicyclic) bond motifs is 1. The number of benzene rings is 3. The van der Waals surface area contributed by atoms with Crippen LogP contribution in [-0.2, 0) is 0 Å². The Morgan fingerprint density at radius 2 is 1.67 bits per heavy atom. The van der Waals surface area contributed by atoms with Crippen molar-refractivity contribution in [3.8, 4) is 17.6 Å². The second kappa shape index (κ2) is 6.89. The average molecular weight is 315 g/mol. The molecule has 0 aliphatic rings. The van der Waals surface area contributed by atoms with Crippen molar-refractivity contribution in [1.82, 2.24) is 0 Å². The topological polar surface area (TPSA) is 42.2 Å². The van der Waals surface area contributed by atoms with Crippen LogP contribution in [0.2, 0.25) is 0 Å². The van der Waals surface area contributed by atoms with Gasteiger partial charge < -0.3 is 9.47 Å². The van der Waals surface area contributed by atoms with Gasteiger partial charge in [-0.1, -0.05) is 42.5 Å². The van der Waals surface area contributed by atoms with E-state index < -0.39 is 0 Å². The highest BCUT2D eigenvalue weighted by Crippen LogP contribution is 2.31. The molecule has 118 valence electrons. The highest BCUT2D eigenvalue weighted by molar-refractivity contribution is 5.98. The number of allylic oxidation sites excluding steroid dienone is 1. The maximum absolute atomic E-state index is 9.61. The lowest BCUT2D eigenvalue weighted by Crippen LogP contribution is -1.92. The van der Waals surface area contributed by atoms with Gasteiger partial charge in [-0.05, 0) is 46.2 Å². The lowest BCUT2D eigenvalue weighted by Gasteiger charge is -2.09. The quantitative estimate of drug-likeness (QED) is 0.507. The normalized spacial score (nSPS) is 11.1. The third-order valence-electron chi connectivity index (χ3n) is 3.94. The lowest BCUT2D eigenvalue weighted by molar-refractivity contribution is 0.355. The van der Waals surface area contributed by atoms with Crippen LogP contribution in [0.15, 0.2) is 60.7 Å². The largest absolute Gasteiger partial charge is 0.493 e. The van der Waals surface area contributed by atoms with E-state index in [1.165, 1.54) is 0 Å². The van der Waals surface area contributed by atoms with Crippen molar-refractivity contribution in [3.63, 3.8) is 0 Å². The number of hydrogen-bond donors (Lipinski definition) is 0. The van der Waals surface area contributed by atoms with E-state index in [1.54, 1.807) is 14.2 Å². The molecule has 0 aromatic heterocycles. The molecular formula is C21H17NO2. The van der Waals surface area contributed by atoms with Gasteiger partial charge in [0.15, 0.2) is 11.5 Å². The molecule has 0 bridgehead atoms. The minimum absolute atomic E-state index is 0.576. The van der Waals surface area contributed by atoms with Crippen LogP contribution in [0.3, 0.4) is 0 Å². The molecule has 0 saturated carbocycles. The van der Waals surface area contributed by atoms with E-state index >= 15 is 0 Å². The minimum Gasteiger partial charge on any atom is -0.493 e. The minimum atomic E-state index is 0.576. The fraction of sp³-hybridized carbons (Fsp3) is 0.0952. The first-order chi connectivity index (χ1) is 11.8. The van der Waals surface area contributed by atoms with Gasteiger partial charge in [0.25, 0.3) is 0 Å². The Bertz CT molecular complexity index is 946. The van der Waals surface area contributed by atoms with E-state index in [2.05, 4.69) is 24.3 Å². The second-order valence-electron chi connectivity index (χ2n) is 5.31. The summed E-state index contributed by atoms with van der Waals surface area (Å²) in [7, 11) is 3.18. The molecule has 3 rings (SSSR count). The second-order valence-corrected chi connectivity index (χ2v) is 5.31. The van der Waals surface area contributed by atoms with Crippen molar-refractivity contribution in [2.75, 3.05) is 14.2 Å². The van der Waals surface area contributed by atoms with Crippen LogP contribution in [0.25, 0.3) is 22.4 Å². The van der Waals surface area contributed by atoms with E-state index in [9.17, 15) is 5.26 Å². The first-order valence-corrected chi connectivity index (χ1v) is 7.59. The van der Waals surface area contributed by atoms with E-state index in [0.717, 1.165) is 21.9 Å². The third kappa shape index (κ3) is 2.95. The van der Waals surface area contributed by atoms with Crippen LogP contribution >= 0.6 is 0 Å². The van der Waals surface area contributed by atoms with Crippen LogP contribution in [0.5, 0.6) is 11.5 Å². The summed E-state index contributed by atoms with van der Waals surface area (Å²) < 4.78 is 10.6. The zero-order valence-corrected chi connectivity index (χ0v) is 13.6. The van der Waals surface area contributed by atoms with E-state index in [1.807, 2.05) is 48.5 Å². The van der Waals surface area contributed by atoms with Crippen LogP contribution in [0.4, 0.5) is 0 Å². The zero-order chi connectivity index (χ0) is 16.9. The molecule has 3 heteroatoms. The van der Waals surface area contributed by atoms with Crippen LogP contribution < -0.4 is 9.47 Å². The summed E-state index contributed by atoms with van der Waals surface area (Å²) in [6.45, 7) is 0. The molecule has 0 saturated heterocycles. The van der Waals surface area contributed by atoms with Gasteiger partial charge in [0.05, 0.1) is 25.9 Å². The summed E-state index contributed by atoms with van der Waals surface area (Å²) in [5.74, 6) is 1.25. The van der Waals surface area contributed by atoms with Gasteiger partial charge in [-0.3, -0.25) is 0 Å². The summed E-state index contributed by atoms with van der Waals surface area (Å²) in [4.78, 5) is 0. The van der Waals surface area contributed by atoms with Crippen molar-refractivity contribution in [3.05, 3.63) is 71.8 Å². The summed E-state index contributed by atoms with van der Waals surface area (Å²) in [6.07, 6.45) is 1.91. The van der Waals surface area contributed by atoms with Gasteiger partial charge in [-0.25, -0.2) is 0 Å². The molecule has 3 nitrogen and oxygen atoms in total. The Hall–Kier alpha value is -3.25. The first-order valence-electron chi connectivity index (χ1n) is 7.59. The molecule has 0 N–H and O–H groups in total. The fourth-order valence-electron chi connectivity index (χ4n) is 2.72. The monoisotopic (exact) mass is 315 g/mol. The Balaban J connectivity index is 2.12. The SMILES string of the molecule is COc1ccc(/C(C#N)=C/c2cccc3ccccc23)cc1OC. The van der Waals surface area contributed by atoms with Crippen molar-refractivity contribution >= 4 is 22.4 Å². The van der Waals surface area contributed by atoms with Crippen LogP contribution in [0, 0.1) is 11.3 Å². The molecule has 0 spiro atoms. The number of hydrogen-bond acceptors (Lipinski definition) is 3. The van der Waals surface area contributed by atoms with Crippen molar-refractivity contribution in [1.29, 1.82) is 5.26 Å². The summed E-state index contributed by atoms with van der Waals surface area (Å²) in [5, 5.41) is 11.9. The summed E-state index contributed by atoms with van der Waals surface area (Å²) in [5.41, 5.74) is 2.38. The number of rotatable bonds is 4. The van der Waals surface area contributed by atoms with Gasteiger partial charge in [0.2, 0.25) is 0 Å². The third-order valence-corrected chi connectivity index (χ3v) is 3.94. The summed E-state index contributed by atoms with van der Waals surface area (Å²) >= 11 is 0. The molecule has 3 aromatic rings. The highest BCUT2D eigenvalue weighted by Gasteiger charge is 2.09. The first kappa shape index (κ1) is 15.6. The number of nitriles is 1. The fourth-order valence-corrected chi connectivity index (χ4v) is 2.72. The van der Waals surface area contributed by atoms with Gasteiger partial charge in [-0.15, -0.1) is 0 Å². The number of methoxy groups -OCH3 is 2. The van der Waals surface area contributed by atoms with Gasteiger partial charge in [-0.2, -0.15) is 5.26 Å². The molecule has 0 aliphatic carbocycles. The molecule has 0 heterocycles. The molecule has 24 heavy (non-hydrogen) atoms. The Morgan fingerprint density at radius 1 is 0.917 bits per heavy atom. The van der Waals surface area contributed by atoms with Crippen molar-refractivity contribution in [2.24, 2.45) is 0 Å². The van der Waals surface area contributed by atoms with Crippen molar-refractivity contribution in [2.45, 2.75) is 0 Å². The molecule has 0 radical (unpaired) electrons. The molecule has 0 fully saturated rings. The zero-order valence-electron chi connectivity index (χ0n) is 13.6. The van der Waals surface area contributed by atoms with Gasteiger partial charge >= 0.3 is 0 Å². The Kier molecular flexibility index (Phi) is 4.49. The van der Waals surface area contributed by atoms with Crippen LogP contribution in [-0.4, -0.2) is 14.2 Å². The Morgan fingerprint density at radius 3 is 2.42 bits per heavy atom. The molecule has 3 aromatic carbocycles. The molecule has 0 amide bonds. The standard InChI is InChI=1S/C21H17NO2/c1-23-20-11-10-16(13-21(20)24-2)18(14-22)12-17-8-5-7-15-6-3-4-9-19(15)17/h3-13H,1-2H3/b18-12+. The molecule has 0 aliphatic heterocycles. The van der Waals surface area contributed by atoms with Crippen molar-refractivity contribution < 1.29 is 9.47 Å².